The summed E-state index contributed by atoms with van der Waals surface area (Å²) in [4.78, 5) is 1.92. The van der Waals surface area contributed by atoms with Crippen molar-refractivity contribution in [1.82, 2.24) is 0 Å². The van der Waals surface area contributed by atoms with Crippen LogP contribution in [0.2, 0.25) is 0 Å². The quantitative estimate of drug-likeness (QED) is 0.0594. The third-order valence-corrected chi connectivity index (χ3v) is 10.6. The number of anilines is 1. The topological polar surface area (TPSA) is 182 Å². The van der Waals surface area contributed by atoms with Gasteiger partial charge < -0.3 is 24.4 Å². The largest absolute Gasteiger partial charge is 0.744 e. The van der Waals surface area contributed by atoms with Gasteiger partial charge in [0.15, 0.2) is 12.3 Å². The Hall–Kier alpha value is -4.58. The predicted octanol–water partition coefficient (Wildman–Crippen LogP) is 5.06. The van der Waals surface area contributed by atoms with E-state index in [4.69, 9.17) is 0 Å². The van der Waals surface area contributed by atoms with Gasteiger partial charge in [-0.3, -0.25) is 5.04 Å². The van der Waals surface area contributed by atoms with Gasteiger partial charge in [-0.15, -0.1) is 0 Å². The summed E-state index contributed by atoms with van der Waals surface area (Å²) < 4.78 is 78.5. The minimum Gasteiger partial charge on any atom is -0.744 e. The predicted molar refractivity (Wildman–Crippen MR) is 192 cm³/mol. The first-order valence-electron chi connectivity index (χ1n) is 15.9. The first-order valence-corrected chi connectivity index (χ1v) is 19.5. The van der Waals surface area contributed by atoms with Crippen LogP contribution in [-0.4, -0.2) is 54.4 Å². The van der Waals surface area contributed by atoms with E-state index in [0.717, 1.165) is 35.1 Å². The van der Waals surface area contributed by atoms with Crippen LogP contribution in [0.25, 0.3) is 5.57 Å². The van der Waals surface area contributed by atoms with Gasteiger partial charge in [-0.2, -0.15) is 4.33 Å². The van der Waals surface area contributed by atoms with Crippen LogP contribution < -0.4 is 10.2 Å². The standard InChI is InChI=1S/C37H36N2O10S3/c1-3-38(24-26-7-5-9-33(21-26)50-49-48-41)30-15-11-28(12-16-30)37(35-20-19-32(40)23-36(35)52(45,46)47)29-13-17-31(18-14-29)39(4-2)25-27-8-6-10-34(22-27)51(42,43)44/h5-23H,3-4,24-25H2,1-2H3,(H3,41,42,43,44,45,46,47)/p-2. The van der Waals surface area contributed by atoms with Crippen molar-refractivity contribution < 1.29 is 50.3 Å². The van der Waals surface area contributed by atoms with Gasteiger partial charge in [0, 0.05) is 47.0 Å². The first-order chi connectivity index (χ1) is 24.8. The number of nitrogens with zero attached hydrogens (tertiary/aromatic N) is 2. The van der Waals surface area contributed by atoms with E-state index < -0.39 is 25.1 Å². The maximum Gasteiger partial charge on any atom is 0.200 e. The monoisotopic (exact) mass is 762 g/mol. The van der Waals surface area contributed by atoms with Crippen molar-refractivity contribution >= 4 is 49.3 Å². The first kappa shape index (κ1) is 38.6. The number of aromatic hydroxyl groups is 1. The van der Waals surface area contributed by atoms with Gasteiger partial charge in [-0.05, 0) is 103 Å². The smallest absolute Gasteiger partial charge is 0.200 e. The molecule has 0 aliphatic heterocycles. The Bertz CT molecular complexity index is 2260. The van der Waals surface area contributed by atoms with E-state index in [2.05, 4.69) is 14.3 Å². The van der Waals surface area contributed by atoms with Crippen molar-refractivity contribution in [2.45, 2.75) is 41.6 Å². The zero-order valence-corrected chi connectivity index (χ0v) is 30.5. The van der Waals surface area contributed by atoms with Crippen molar-refractivity contribution in [3.63, 3.8) is 0 Å². The van der Waals surface area contributed by atoms with Crippen molar-refractivity contribution in [1.29, 1.82) is 0 Å². The number of rotatable bonds is 14. The van der Waals surface area contributed by atoms with Crippen LogP contribution in [0, 0.1) is 0 Å². The van der Waals surface area contributed by atoms with Crippen molar-refractivity contribution in [2.24, 2.45) is 0 Å². The minimum atomic E-state index is -5.01. The molecule has 0 saturated heterocycles. The number of phenolic OH excluding ortho intramolecular Hbond substituents is 1. The lowest BCUT2D eigenvalue weighted by Gasteiger charge is -2.24. The van der Waals surface area contributed by atoms with E-state index in [9.17, 15) is 36.3 Å². The van der Waals surface area contributed by atoms with Gasteiger partial charge in [0.25, 0.3) is 0 Å². The number of allylic oxidation sites excluding steroid dienone is 5. The third-order valence-electron chi connectivity index (χ3n) is 8.30. The molecule has 12 nitrogen and oxygen atoms in total. The van der Waals surface area contributed by atoms with Crippen molar-refractivity contribution in [3.8, 4) is 5.75 Å². The maximum atomic E-state index is 12.5. The van der Waals surface area contributed by atoms with E-state index in [-0.39, 0.29) is 16.2 Å². The Kier molecular flexibility index (Phi) is 12.5. The fraction of sp³-hybridized carbons (Fsp3) is 0.162. The molecule has 0 amide bonds. The molecule has 15 heteroatoms. The molecule has 0 saturated carbocycles. The van der Waals surface area contributed by atoms with E-state index in [1.165, 1.54) is 30.3 Å². The van der Waals surface area contributed by atoms with Crippen LogP contribution in [0.15, 0.2) is 136 Å². The molecule has 0 heterocycles. The summed E-state index contributed by atoms with van der Waals surface area (Å²) in [5, 5.41) is 23.8. The van der Waals surface area contributed by atoms with Gasteiger partial charge in [0.2, 0.25) is 0 Å². The van der Waals surface area contributed by atoms with E-state index >= 15 is 0 Å². The molecule has 4 aromatic rings. The summed E-state index contributed by atoms with van der Waals surface area (Å²) in [6.07, 6.45) is 7.23. The Morgan fingerprint density at radius 2 is 1.52 bits per heavy atom. The summed E-state index contributed by atoms with van der Waals surface area (Å²) in [7, 11) is -9.63. The maximum absolute atomic E-state index is 12.5. The second kappa shape index (κ2) is 16.8. The molecule has 0 radical (unpaired) electrons. The van der Waals surface area contributed by atoms with Crippen LogP contribution in [-0.2, 0) is 42.7 Å². The molecule has 0 aromatic heterocycles. The van der Waals surface area contributed by atoms with Crippen LogP contribution in [0.5, 0.6) is 5.75 Å². The highest BCUT2D eigenvalue weighted by molar-refractivity contribution is 7.94. The SMILES string of the molecule is CCN(Cc1cccc(SOO[O-])c1)c1ccc(C(=C2C=CC(=[N+](CC)Cc3cccc(S(=O)(=O)[O-])c3)C=C2)c2ccc(O)cc2S(=O)(=O)[O-])cc1. The van der Waals surface area contributed by atoms with Crippen LogP contribution >= 0.6 is 12.0 Å². The molecule has 0 spiro atoms. The zero-order chi connectivity index (χ0) is 37.5. The Balaban J connectivity index is 1.54. The molecule has 0 bridgehead atoms. The lowest BCUT2D eigenvalue weighted by Crippen LogP contribution is -2.22. The van der Waals surface area contributed by atoms with Crippen molar-refractivity contribution in [3.05, 3.63) is 143 Å². The zero-order valence-electron chi connectivity index (χ0n) is 28.0. The summed E-state index contributed by atoms with van der Waals surface area (Å²) in [6, 6.07) is 24.4. The molecule has 0 unspecified atom stereocenters. The minimum absolute atomic E-state index is 0.113. The molecular weight excluding hydrogens is 729 g/mol. The fourth-order valence-electron chi connectivity index (χ4n) is 5.84. The van der Waals surface area contributed by atoms with E-state index in [1.54, 1.807) is 24.3 Å². The number of hydrogen-bond donors (Lipinski definition) is 1. The summed E-state index contributed by atoms with van der Waals surface area (Å²) in [6.45, 7) is 5.97. The van der Waals surface area contributed by atoms with E-state index in [1.807, 2.05) is 73.0 Å². The lowest BCUT2D eigenvalue weighted by atomic mass is 9.90. The second-order valence-corrected chi connectivity index (χ2v) is 15.1. The van der Waals surface area contributed by atoms with Crippen LogP contribution in [0.4, 0.5) is 5.69 Å². The highest BCUT2D eigenvalue weighted by Crippen LogP contribution is 2.36. The average Bonchev–Trinajstić information content (AvgIpc) is 3.13. The Morgan fingerprint density at radius 3 is 2.15 bits per heavy atom. The number of phenols is 1. The molecule has 1 aliphatic rings. The Labute approximate surface area is 306 Å². The highest BCUT2D eigenvalue weighted by atomic mass is 32.2. The van der Waals surface area contributed by atoms with Crippen LogP contribution in [0.3, 0.4) is 0 Å². The van der Waals surface area contributed by atoms with Crippen molar-refractivity contribution in [2.75, 3.05) is 18.0 Å². The molecule has 5 rings (SSSR count). The fourth-order valence-corrected chi connectivity index (χ4v) is 7.53. The molecular formula is C37H34N2O10S3-2. The van der Waals surface area contributed by atoms with E-state index in [0.29, 0.717) is 53.3 Å². The average molecular weight is 763 g/mol. The Morgan fingerprint density at radius 1 is 0.827 bits per heavy atom. The molecule has 0 atom stereocenters. The van der Waals surface area contributed by atoms with Crippen LogP contribution in [0.1, 0.15) is 36.1 Å². The van der Waals surface area contributed by atoms with Gasteiger partial charge in [0.05, 0.1) is 21.8 Å². The van der Waals surface area contributed by atoms with Gasteiger partial charge in [0.1, 0.15) is 32.5 Å². The highest BCUT2D eigenvalue weighted by Gasteiger charge is 2.21. The van der Waals surface area contributed by atoms with Gasteiger partial charge in [-0.1, -0.05) is 36.4 Å². The summed E-state index contributed by atoms with van der Waals surface area (Å²) >= 11 is 0.805. The molecule has 1 N–H and O–H groups in total. The molecule has 52 heavy (non-hydrogen) atoms. The molecule has 1 aliphatic carbocycles. The summed E-state index contributed by atoms with van der Waals surface area (Å²) in [5.74, 6) is -0.371. The normalized spacial score (nSPS) is 13.0. The number of benzene rings is 4. The molecule has 272 valence electrons. The summed E-state index contributed by atoms with van der Waals surface area (Å²) in [5.41, 5.74) is 4.98. The number of hydrogen-bond acceptors (Lipinski definition) is 12. The molecule has 0 fully saturated rings. The lowest BCUT2D eigenvalue weighted by molar-refractivity contribution is -0.777. The second-order valence-electron chi connectivity index (χ2n) is 11.6. The van der Waals surface area contributed by atoms with Gasteiger partial charge >= 0.3 is 0 Å². The molecule has 4 aromatic carbocycles. The van der Waals surface area contributed by atoms with Gasteiger partial charge in [-0.25, -0.2) is 21.4 Å². The third kappa shape index (κ3) is 9.64.